The molecule has 0 bridgehead atoms. The van der Waals surface area contributed by atoms with Crippen LogP contribution in [0.5, 0.6) is 0 Å². The largest absolute Gasteiger partial charge is 0.383 e. The smallest absolute Gasteiger partial charge is 0.142 e. The lowest BCUT2D eigenvalue weighted by Gasteiger charge is -2.11. The van der Waals surface area contributed by atoms with Gasteiger partial charge in [0.1, 0.15) is 23.3 Å². The quantitative estimate of drug-likeness (QED) is 0.584. The van der Waals surface area contributed by atoms with Gasteiger partial charge in [0.25, 0.3) is 0 Å². The summed E-state index contributed by atoms with van der Waals surface area (Å²) in [6.07, 6.45) is 0. The van der Waals surface area contributed by atoms with Crippen molar-refractivity contribution in [2.75, 3.05) is 5.73 Å². The number of nitrogens with zero attached hydrogens (tertiary/aromatic N) is 2. The lowest BCUT2D eigenvalue weighted by atomic mass is 9.98. The van der Waals surface area contributed by atoms with Crippen molar-refractivity contribution in [2.24, 2.45) is 0 Å². The first-order valence-electron chi connectivity index (χ1n) is 7.02. The minimum Gasteiger partial charge on any atom is -0.383 e. The Morgan fingerprint density at radius 1 is 0.960 bits per heavy atom. The van der Waals surface area contributed by atoms with Crippen molar-refractivity contribution in [2.45, 2.75) is 0 Å². The Bertz CT molecular complexity index is 1030. The normalized spacial score (nSPS) is 10.5. The van der Waals surface area contributed by atoms with Gasteiger partial charge in [-0.2, -0.15) is 5.26 Å². The Kier molecular flexibility index (Phi) is 4.82. The molecule has 0 aliphatic carbocycles. The van der Waals surface area contributed by atoms with E-state index in [9.17, 15) is 9.65 Å². The molecule has 0 unspecified atom stereocenters. The van der Waals surface area contributed by atoms with E-state index in [4.69, 9.17) is 40.5 Å². The molecule has 1 heterocycles. The van der Waals surface area contributed by atoms with Gasteiger partial charge < -0.3 is 5.73 Å². The number of nitrogens with two attached hydrogens (primary N) is 1. The van der Waals surface area contributed by atoms with Crippen LogP contribution in [-0.4, -0.2) is 4.98 Å². The maximum absolute atomic E-state index is 13.8. The summed E-state index contributed by atoms with van der Waals surface area (Å²) in [4.78, 5) is 4.24. The van der Waals surface area contributed by atoms with Crippen LogP contribution in [0.1, 0.15) is 5.56 Å². The second-order valence-corrected chi connectivity index (χ2v) is 6.43. The van der Waals surface area contributed by atoms with E-state index < -0.39 is 5.82 Å². The minimum absolute atomic E-state index is 0.00902. The third-order valence-electron chi connectivity index (χ3n) is 3.60. The van der Waals surface area contributed by atoms with Gasteiger partial charge in [-0.1, -0.05) is 40.9 Å². The molecular weight excluding hydrogens is 384 g/mol. The zero-order valence-corrected chi connectivity index (χ0v) is 14.8. The molecular formula is C18H9Cl3FN3. The lowest BCUT2D eigenvalue weighted by Crippen LogP contribution is -2.00. The zero-order valence-electron chi connectivity index (χ0n) is 12.5. The van der Waals surface area contributed by atoms with Crippen LogP contribution >= 0.6 is 34.8 Å². The molecule has 3 aromatic rings. The van der Waals surface area contributed by atoms with Crippen LogP contribution in [-0.2, 0) is 0 Å². The molecule has 0 fully saturated rings. The highest BCUT2D eigenvalue weighted by molar-refractivity contribution is 6.36. The molecule has 0 atom stereocenters. The van der Waals surface area contributed by atoms with Crippen molar-refractivity contribution in [1.29, 1.82) is 5.26 Å². The van der Waals surface area contributed by atoms with Crippen LogP contribution in [0.15, 0.2) is 42.5 Å². The van der Waals surface area contributed by atoms with Crippen LogP contribution in [0, 0.1) is 17.1 Å². The van der Waals surface area contributed by atoms with Gasteiger partial charge in [0, 0.05) is 16.1 Å². The number of nitriles is 1. The predicted octanol–water partition coefficient (Wildman–Crippen LogP) is 5.97. The first-order valence-corrected chi connectivity index (χ1v) is 8.15. The number of rotatable bonds is 2. The van der Waals surface area contributed by atoms with E-state index >= 15 is 0 Å². The molecule has 7 heteroatoms. The van der Waals surface area contributed by atoms with E-state index in [1.165, 1.54) is 12.1 Å². The zero-order chi connectivity index (χ0) is 18.1. The summed E-state index contributed by atoms with van der Waals surface area (Å²) in [6.45, 7) is 0. The summed E-state index contributed by atoms with van der Waals surface area (Å²) in [5.74, 6) is -0.569. The van der Waals surface area contributed by atoms with Gasteiger partial charge in [-0.25, -0.2) is 9.37 Å². The molecule has 0 amide bonds. The topological polar surface area (TPSA) is 62.7 Å². The predicted molar refractivity (Wildman–Crippen MR) is 99.2 cm³/mol. The molecule has 1 aromatic heterocycles. The van der Waals surface area contributed by atoms with Crippen molar-refractivity contribution in [3.8, 4) is 28.5 Å². The number of hydrogen-bond acceptors (Lipinski definition) is 3. The molecule has 3 nitrogen and oxygen atoms in total. The fourth-order valence-electron chi connectivity index (χ4n) is 2.41. The van der Waals surface area contributed by atoms with Gasteiger partial charge in [0.15, 0.2) is 0 Å². The Labute approximate surface area is 158 Å². The van der Waals surface area contributed by atoms with Gasteiger partial charge in [0.05, 0.1) is 15.7 Å². The molecule has 25 heavy (non-hydrogen) atoms. The van der Waals surface area contributed by atoms with E-state index in [0.29, 0.717) is 32.4 Å². The molecule has 0 saturated heterocycles. The number of anilines is 1. The van der Waals surface area contributed by atoms with Gasteiger partial charge in [0.2, 0.25) is 0 Å². The maximum Gasteiger partial charge on any atom is 0.142 e. The molecule has 0 aliphatic heterocycles. The monoisotopic (exact) mass is 391 g/mol. The standard InChI is InChI=1S/C18H9Cl3FN3/c19-10-2-3-11(15(21)6-10)17-7-12(13(8-23)18(24)25-17)9-1-4-14(20)16(22)5-9/h1-7H,(H2,24,25). The number of hydrogen-bond donors (Lipinski definition) is 1. The minimum atomic E-state index is -0.593. The Balaban J connectivity index is 2.26. The molecule has 0 spiro atoms. The summed E-state index contributed by atoms with van der Waals surface area (Å²) in [5, 5.41) is 10.3. The average molecular weight is 393 g/mol. The highest BCUT2D eigenvalue weighted by Crippen LogP contribution is 2.35. The van der Waals surface area contributed by atoms with E-state index in [0.717, 1.165) is 0 Å². The third kappa shape index (κ3) is 3.40. The summed E-state index contributed by atoms with van der Waals surface area (Å²) in [6, 6.07) is 12.8. The highest BCUT2D eigenvalue weighted by atomic mass is 35.5. The third-order valence-corrected chi connectivity index (χ3v) is 4.45. The fraction of sp³-hybridized carbons (Fsp3) is 0. The van der Waals surface area contributed by atoms with Crippen molar-refractivity contribution >= 4 is 40.6 Å². The van der Waals surface area contributed by atoms with Crippen molar-refractivity contribution in [3.05, 3.63) is 68.9 Å². The summed E-state index contributed by atoms with van der Waals surface area (Å²) in [5.41, 5.74) is 8.02. The number of nitrogen functional groups attached to an aromatic ring is 1. The Morgan fingerprint density at radius 2 is 1.72 bits per heavy atom. The van der Waals surface area contributed by atoms with Crippen molar-refractivity contribution < 1.29 is 4.39 Å². The van der Waals surface area contributed by atoms with Gasteiger partial charge in [-0.05, 0) is 42.0 Å². The molecule has 0 radical (unpaired) electrons. The molecule has 0 aliphatic rings. The number of aromatic nitrogens is 1. The van der Waals surface area contributed by atoms with Gasteiger partial charge in [-0.3, -0.25) is 0 Å². The van der Waals surface area contributed by atoms with Crippen LogP contribution in [0.25, 0.3) is 22.4 Å². The Morgan fingerprint density at radius 3 is 2.36 bits per heavy atom. The number of pyridine rings is 1. The molecule has 2 aromatic carbocycles. The SMILES string of the molecule is N#Cc1c(-c2ccc(Cl)c(F)c2)cc(-c2ccc(Cl)cc2Cl)nc1N. The number of benzene rings is 2. The van der Waals surface area contributed by atoms with Crippen LogP contribution in [0.2, 0.25) is 15.1 Å². The van der Waals surface area contributed by atoms with Crippen LogP contribution < -0.4 is 5.73 Å². The van der Waals surface area contributed by atoms with Crippen LogP contribution in [0.4, 0.5) is 10.2 Å². The maximum atomic E-state index is 13.8. The first kappa shape index (κ1) is 17.5. The average Bonchev–Trinajstić information content (AvgIpc) is 2.56. The van der Waals surface area contributed by atoms with E-state index in [1.54, 1.807) is 30.3 Å². The van der Waals surface area contributed by atoms with E-state index in [2.05, 4.69) is 4.98 Å². The lowest BCUT2D eigenvalue weighted by molar-refractivity contribution is 0.629. The second-order valence-electron chi connectivity index (χ2n) is 5.18. The first-order chi connectivity index (χ1) is 11.9. The van der Waals surface area contributed by atoms with Gasteiger partial charge in [-0.15, -0.1) is 0 Å². The Hall–Kier alpha value is -2.32. The van der Waals surface area contributed by atoms with E-state index in [1.807, 2.05) is 6.07 Å². The summed E-state index contributed by atoms with van der Waals surface area (Å²) < 4.78 is 13.8. The fourth-order valence-corrected chi connectivity index (χ4v) is 3.03. The highest BCUT2D eigenvalue weighted by Gasteiger charge is 2.16. The molecule has 3 rings (SSSR count). The molecule has 2 N–H and O–H groups in total. The summed E-state index contributed by atoms with van der Waals surface area (Å²) in [7, 11) is 0. The molecule has 0 saturated carbocycles. The van der Waals surface area contributed by atoms with Gasteiger partial charge >= 0.3 is 0 Å². The van der Waals surface area contributed by atoms with Crippen molar-refractivity contribution in [3.63, 3.8) is 0 Å². The number of halogens is 4. The van der Waals surface area contributed by atoms with Crippen molar-refractivity contribution in [1.82, 2.24) is 4.98 Å². The summed E-state index contributed by atoms with van der Waals surface area (Å²) >= 11 is 17.9. The van der Waals surface area contributed by atoms with E-state index in [-0.39, 0.29) is 16.4 Å². The second kappa shape index (κ2) is 6.89. The molecule has 124 valence electrons. The van der Waals surface area contributed by atoms with Crippen LogP contribution in [0.3, 0.4) is 0 Å².